The fourth-order valence-electron chi connectivity index (χ4n) is 1.21. The van der Waals surface area contributed by atoms with Crippen LogP contribution in [0.25, 0.3) is 0 Å². The second-order valence-electron chi connectivity index (χ2n) is 4.52. The molecule has 0 aliphatic heterocycles. The molecule has 0 aliphatic carbocycles. The molecule has 0 aliphatic rings. The molecule has 0 aromatic carbocycles. The predicted octanol–water partition coefficient (Wildman–Crippen LogP) is 0.428. The standard InChI is InChI=1S/C11H22N2O3/c1-6-7(2)8(12)9(14)13-11(3,4)10(15)16-5/h7-8H,6,12H2,1-5H3,(H,13,14)/t7?,8-/m0/s1. The third-order valence-electron chi connectivity index (χ3n) is 2.69. The number of methoxy groups -OCH3 is 1. The third kappa shape index (κ3) is 3.81. The van der Waals surface area contributed by atoms with Crippen molar-refractivity contribution in [3.63, 3.8) is 0 Å². The maximum atomic E-state index is 11.7. The molecule has 1 unspecified atom stereocenters. The van der Waals surface area contributed by atoms with E-state index in [0.29, 0.717) is 0 Å². The van der Waals surface area contributed by atoms with Gasteiger partial charge in [-0.25, -0.2) is 4.79 Å². The van der Waals surface area contributed by atoms with E-state index in [0.717, 1.165) is 6.42 Å². The molecule has 0 rings (SSSR count). The number of hydrogen-bond acceptors (Lipinski definition) is 4. The molecule has 5 heteroatoms. The molecule has 5 nitrogen and oxygen atoms in total. The topological polar surface area (TPSA) is 81.4 Å². The van der Waals surface area contributed by atoms with Gasteiger partial charge in [0.25, 0.3) is 0 Å². The van der Waals surface area contributed by atoms with Crippen molar-refractivity contribution in [3.05, 3.63) is 0 Å². The minimum absolute atomic E-state index is 0.0773. The van der Waals surface area contributed by atoms with Crippen LogP contribution in [-0.4, -0.2) is 30.6 Å². The lowest BCUT2D eigenvalue weighted by atomic mass is 9.97. The van der Waals surface area contributed by atoms with Crippen molar-refractivity contribution in [3.8, 4) is 0 Å². The highest BCUT2D eigenvalue weighted by Crippen LogP contribution is 2.09. The monoisotopic (exact) mass is 230 g/mol. The van der Waals surface area contributed by atoms with E-state index in [4.69, 9.17) is 5.73 Å². The average molecular weight is 230 g/mol. The Bertz CT molecular complexity index is 264. The fraction of sp³-hybridized carbons (Fsp3) is 0.818. The Labute approximate surface area is 96.7 Å². The van der Waals surface area contributed by atoms with Gasteiger partial charge >= 0.3 is 5.97 Å². The zero-order valence-corrected chi connectivity index (χ0v) is 10.7. The van der Waals surface area contributed by atoms with Gasteiger partial charge in [-0.3, -0.25) is 4.79 Å². The van der Waals surface area contributed by atoms with Gasteiger partial charge in [0.05, 0.1) is 13.2 Å². The van der Waals surface area contributed by atoms with Crippen molar-refractivity contribution in [2.45, 2.75) is 45.7 Å². The van der Waals surface area contributed by atoms with Crippen molar-refractivity contribution in [2.75, 3.05) is 7.11 Å². The summed E-state index contributed by atoms with van der Waals surface area (Å²) in [5, 5.41) is 2.58. The van der Waals surface area contributed by atoms with Gasteiger partial charge in [0.1, 0.15) is 5.54 Å². The first-order valence-electron chi connectivity index (χ1n) is 5.42. The van der Waals surface area contributed by atoms with Gasteiger partial charge in [0.15, 0.2) is 0 Å². The maximum Gasteiger partial charge on any atom is 0.330 e. The molecule has 0 aromatic heterocycles. The minimum atomic E-state index is -1.04. The quantitative estimate of drug-likeness (QED) is 0.671. The fourth-order valence-corrected chi connectivity index (χ4v) is 1.21. The first kappa shape index (κ1) is 14.9. The van der Waals surface area contributed by atoms with Crippen LogP contribution in [0.3, 0.4) is 0 Å². The lowest BCUT2D eigenvalue weighted by Crippen LogP contribution is -2.56. The summed E-state index contributed by atoms with van der Waals surface area (Å²) in [6.45, 7) is 7.03. The molecule has 0 saturated carbocycles. The van der Waals surface area contributed by atoms with Crippen molar-refractivity contribution < 1.29 is 14.3 Å². The summed E-state index contributed by atoms with van der Waals surface area (Å²) in [7, 11) is 1.28. The number of hydrogen-bond donors (Lipinski definition) is 2. The van der Waals surface area contributed by atoms with Crippen molar-refractivity contribution >= 4 is 11.9 Å². The Morgan fingerprint density at radius 3 is 2.31 bits per heavy atom. The normalized spacial score (nSPS) is 15.1. The van der Waals surface area contributed by atoms with E-state index in [9.17, 15) is 9.59 Å². The summed E-state index contributed by atoms with van der Waals surface area (Å²) in [4.78, 5) is 23.1. The molecule has 0 radical (unpaired) electrons. The number of rotatable bonds is 5. The van der Waals surface area contributed by atoms with E-state index < -0.39 is 17.6 Å². The second kappa shape index (κ2) is 5.84. The van der Waals surface area contributed by atoms with Gasteiger partial charge < -0.3 is 15.8 Å². The number of amides is 1. The number of carbonyl (C=O) groups excluding carboxylic acids is 2. The smallest absolute Gasteiger partial charge is 0.330 e. The van der Waals surface area contributed by atoms with E-state index in [1.165, 1.54) is 7.11 Å². The van der Waals surface area contributed by atoms with Crippen LogP contribution in [0.4, 0.5) is 0 Å². The molecule has 2 atom stereocenters. The van der Waals surface area contributed by atoms with E-state index in [1.54, 1.807) is 13.8 Å². The Balaban J connectivity index is 4.50. The van der Waals surface area contributed by atoms with Crippen LogP contribution in [0.15, 0.2) is 0 Å². The summed E-state index contributed by atoms with van der Waals surface area (Å²) in [6.07, 6.45) is 0.813. The van der Waals surface area contributed by atoms with Crippen LogP contribution >= 0.6 is 0 Å². The molecule has 3 N–H and O–H groups in total. The zero-order chi connectivity index (χ0) is 12.9. The molecular weight excluding hydrogens is 208 g/mol. The van der Waals surface area contributed by atoms with E-state index in [2.05, 4.69) is 10.1 Å². The molecule has 16 heavy (non-hydrogen) atoms. The average Bonchev–Trinajstić information content (AvgIpc) is 2.24. The summed E-state index contributed by atoms with van der Waals surface area (Å²) in [5.41, 5.74) is 4.71. The number of ether oxygens (including phenoxy) is 1. The Morgan fingerprint density at radius 2 is 1.94 bits per heavy atom. The molecule has 1 amide bonds. The highest BCUT2D eigenvalue weighted by Gasteiger charge is 2.33. The number of nitrogens with two attached hydrogens (primary N) is 1. The highest BCUT2D eigenvalue weighted by molar-refractivity contribution is 5.89. The molecule has 0 saturated heterocycles. The molecule has 0 aromatic rings. The first-order chi connectivity index (χ1) is 7.26. The van der Waals surface area contributed by atoms with Crippen molar-refractivity contribution in [1.29, 1.82) is 0 Å². The van der Waals surface area contributed by atoms with Crippen LogP contribution in [0, 0.1) is 5.92 Å². The van der Waals surface area contributed by atoms with Gasteiger partial charge in [-0.1, -0.05) is 20.3 Å². The van der Waals surface area contributed by atoms with Gasteiger partial charge in [-0.05, 0) is 19.8 Å². The number of esters is 1. The zero-order valence-electron chi connectivity index (χ0n) is 10.7. The minimum Gasteiger partial charge on any atom is -0.467 e. The molecule has 94 valence electrons. The second-order valence-corrected chi connectivity index (χ2v) is 4.52. The highest BCUT2D eigenvalue weighted by atomic mass is 16.5. The number of carbonyl (C=O) groups is 2. The lowest BCUT2D eigenvalue weighted by molar-refractivity contribution is -0.149. The van der Waals surface area contributed by atoms with Gasteiger partial charge in [-0.2, -0.15) is 0 Å². The molecule has 0 spiro atoms. The van der Waals surface area contributed by atoms with Gasteiger partial charge in [0.2, 0.25) is 5.91 Å². The first-order valence-corrected chi connectivity index (χ1v) is 5.42. The Hall–Kier alpha value is -1.10. The molecule has 0 heterocycles. The van der Waals surface area contributed by atoms with Crippen LogP contribution in [-0.2, 0) is 14.3 Å². The van der Waals surface area contributed by atoms with E-state index >= 15 is 0 Å². The number of nitrogens with one attached hydrogen (secondary N) is 1. The predicted molar refractivity (Wildman–Crippen MR) is 61.7 cm³/mol. The summed E-state index contributed by atoms with van der Waals surface area (Å²) in [6, 6.07) is -0.603. The van der Waals surface area contributed by atoms with Crippen LogP contribution < -0.4 is 11.1 Å². The summed E-state index contributed by atoms with van der Waals surface area (Å²) >= 11 is 0. The van der Waals surface area contributed by atoms with E-state index in [-0.39, 0.29) is 11.8 Å². The van der Waals surface area contributed by atoms with Crippen LogP contribution in [0.5, 0.6) is 0 Å². The molecular formula is C11H22N2O3. The third-order valence-corrected chi connectivity index (χ3v) is 2.69. The lowest BCUT2D eigenvalue weighted by Gasteiger charge is -2.26. The van der Waals surface area contributed by atoms with Crippen molar-refractivity contribution in [1.82, 2.24) is 5.32 Å². The van der Waals surface area contributed by atoms with Crippen LogP contribution in [0.2, 0.25) is 0 Å². The van der Waals surface area contributed by atoms with E-state index in [1.807, 2.05) is 13.8 Å². The molecule has 0 fully saturated rings. The molecule has 0 bridgehead atoms. The Kier molecular flexibility index (Phi) is 5.44. The maximum absolute atomic E-state index is 11.7. The Morgan fingerprint density at radius 1 is 1.44 bits per heavy atom. The summed E-state index contributed by atoms with van der Waals surface area (Å²) in [5.74, 6) is -0.740. The SMILES string of the molecule is CCC(C)[C@H](N)C(=O)NC(C)(C)C(=O)OC. The van der Waals surface area contributed by atoms with Crippen LogP contribution in [0.1, 0.15) is 34.1 Å². The summed E-state index contributed by atoms with van der Waals surface area (Å²) < 4.78 is 4.59. The van der Waals surface area contributed by atoms with Gasteiger partial charge in [-0.15, -0.1) is 0 Å². The van der Waals surface area contributed by atoms with Crippen molar-refractivity contribution in [2.24, 2.45) is 11.7 Å². The van der Waals surface area contributed by atoms with Gasteiger partial charge in [0, 0.05) is 0 Å². The largest absolute Gasteiger partial charge is 0.467 e.